The highest BCUT2D eigenvalue weighted by Crippen LogP contribution is 2.54. The average Bonchev–Trinajstić information content (AvgIpc) is 4.05. The molecule has 3 rings (SSSR count). The first kappa shape index (κ1) is 80.3. The minimum absolute atomic E-state index is 0.0191. The summed E-state index contributed by atoms with van der Waals surface area (Å²) in [6, 6.07) is 3.52. The normalized spacial score (nSPS) is 24.8. The fourth-order valence-corrected chi connectivity index (χ4v) is 19.1. The zero-order chi connectivity index (χ0) is 62.3. The van der Waals surface area contributed by atoms with Crippen molar-refractivity contribution < 1.29 is 46.5 Å². The molecule has 0 spiro atoms. The number of aliphatic hydroxyl groups excluding tert-OH is 1. The maximum Gasteiger partial charge on any atom is 0.259 e. The van der Waals surface area contributed by atoms with E-state index in [1.54, 1.807) is 0 Å². The van der Waals surface area contributed by atoms with Crippen molar-refractivity contribution in [1.29, 1.82) is 0 Å². The van der Waals surface area contributed by atoms with Gasteiger partial charge in [-0.15, -0.1) is 0 Å². The van der Waals surface area contributed by atoms with E-state index in [1.807, 2.05) is 6.92 Å². The molecule has 5 unspecified atom stereocenters. The maximum atomic E-state index is 9.15. The number of ether oxygens (including phenoxy) is 3. The second-order valence-corrected chi connectivity index (χ2v) is 31.3. The number of hydrogen-bond donors (Lipinski definition) is 1. The molecule has 0 aromatic rings. The molecular weight excluding hydrogens is 1100 g/mol. The molecule has 3 aliphatic rings. The van der Waals surface area contributed by atoms with Gasteiger partial charge >= 0.3 is 0 Å². The van der Waals surface area contributed by atoms with Crippen LogP contribution in [0.4, 0.5) is 0 Å². The Morgan fingerprint density at radius 2 is 0.580 bits per heavy atom. The highest BCUT2D eigenvalue weighted by Gasteiger charge is 2.41. The Balaban J connectivity index is 0.000000702. The van der Waals surface area contributed by atoms with Gasteiger partial charge in [-0.3, -0.25) is 0 Å². The summed E-state index contributed by atoms with van der Waals surface area (Å²) in [5.74, 6) is 0. The lowest BCUT2D eigenvalue weighted by atomic mass is 9.96. The molecule has 6 radical (unpaired) electrons. The highest BCUT2D eigenvalue weighted by atomic mass is 31.2. The molecule has 0 aromatic heterocycles. The summed E-state index contributed by atoms with van der Waals surface area (Å²) in [4.78, 5) is 0. The van der Waals surface area contributed by atoms with Gasteiger partial charge < -0.3 is 46.5 Å². The summed E-state index contributed by atoms with van der Waals surface area (Å²) in [6.07, 6.45) is 3.88. The number of aliphatic hydroxyl groups is 1. The molecule has 0 amide bonds. The van der Waals surface area contributed by atoms with Crippen molar-refractivity contribution in [3.63, 3.8) is 0 Å². The zero-order valence-corrected chi connectivity index (χ0v) is 60.1. The molecule has 3 fully saturated rings. The lowest BCUT2D eigenvalue weighted by Crippen LogP contribution is -2.44. The number of hydrogen-bond acceptors (Lipinski definition) is 16. The van der Waals surface area contributed by atoms with Crippen LogP contribution in [0.3, 0.4) is 0 Å². The monoisotopic (exact) mass is 1220 g/mol. The summed E-state index contributed by atoms with van der Waals surface area (Å²) >= 11 is 0. The van der Waals surface area contributed by atoms with Gasteiger partial charge in [0.1, 0.15) is 23.5 Å². The van der Waals surface area contributed by atoms with Gasteiger partial charge in [-0.2, -0.15) is 0 Å². The van der Waals surface area contributed by atoms with Crippen LogP contribution in [0.25, 0.3) is 0 Å². The van der Waals surface area contributed by atoms with Gasteiger partial charge in [0, 0.05) is 90.5 Å². The van der Waals surface area contributed by atoms with E-state index in [0.29, 0.717) is 94.0 Å². The lowest BCUT2D eigenvalue weighted by Gasteiger charge is -2.46. The van der Waals surface area contributed by atoms with E-state index in [-0.39, 0.29) is 78.8 Å². The third kappa shape index (κ3) is 27.1. The minimum atomic E-state index is -1.33. The molecule has 0 aromatic carbocycles. The summed E-state index contributed by atoms with van der Waals surface area (Å²) in [5.41, 5.74) is 0. The van der Waals surface area contributed by atoms with Crippen molar-refractivity contribution >= 4 is 57.5 Å². The Bertz CT molecular complexity index is 1430. The smallest absolute Gasteiger partial charge is 0.259 e. The molecule has 0 aliphatic carbocycles. The van der Waals surface area contributed by atoms with Crippen molar-refractivity contribution in [3.8, 4) is 0 Å². The third-order valence-corrected chi connectivity index (χ3v) is 24.3. The quantitative estimate of drug-likeness (QED) is 0.0367. The molecule has 3 aliphatic heterocycles. The second kappa shape index (κ2) is 40.8. The predicted octanol–water partition coefficient (Wildman–Crippen LogP) is 13.9. The van der Waals surface area contributed by atoms with E-state index in [2.05, 4.69) is 208 Å². The van der Waals surface area contributed by atoms with Crippen molar-refractivity contribution in [2.24, 2.45) is 0 Å². The first-order chi connectivity index (χ1) is 37.7. The van der Waals surface area contributed by atoms with Crippen LogP contribution >= 0.6 is 34.0 Å². The topological polar surface area (TPSA) is 123 Å². The van der Waals surface area contributed by atoms with Crippen LogP contribution in [-0.4, -0.2) is 210 Å². The van der Waals surface area contributed by atoms with Crippen LogP contribution in [0.1, 0.15) is 225 Å². The van der Waals surface area contributed by atoms with Crippen LogP contribution < -0.4 is 0 Å². The van der Waals surface area contributed by atoms with Gasteiger partial charge in [-0.05, 0) is 205 Å². The summed E-state index contributed by atoms with van der Waals surface area (Å²) < 4.78 is 71.2. The Morgan fingerprint density at radius 3 is 0.778 bits per heavy atom. The third-order valence-electron chi connectivity index (χ3n) is 13.9. The molecule has 474 valence electrons. The van der Waals surface area contributed by atoms with Crippen molar-refractivity contribution in [1.82, 2.24) is 28.0 Å². The standard InChI is InChI=1S/C26H52B2N2O6P2.C26H60N4O2P2.C6H11BO2/c1-11-21-23(15-25(27)33-21)35-37(29(17(3)4)18(5)6)31-13-14-32-38(30(19(7)8)20(9)10)36-24-16-26(28)34-22(24)12-2;1-19(2)27(20(3)4)33(28(21(5)6)22(7)8)31-17-18-32-34(29(23(9)10)24(11)12)30(25(13)14)26(15)16;1-2-5-4(8)3-6(7)9-5/h17-26H,11-16H2,1-10H3;19-26H,17-18H2,1-16H3;4-6,8H,2-3H2,1H3/t21-,22-,23?,24?,25-,26-,37?,38?;;4?,5-,6-/m1.1/s1. The first-order valence-corrected chi connectivity index (χ1v) is 35.9. The maximum absolute atomic E-state index is 9.15. The summed E-state index contributed by atoms with van der Waals surface area (Å²) in [6.45, 7) is 61.9. The minimum Gasteiger partial charge on any atom is -0.390 e. The average molecular weight is 1220 g/mol. The fourth-order valence-electron chi connectivity index (χ4n) is 11.0. The molecule has 0 bridgehead atoms. The van der Waals surface area contributed by atoms with Crippen LogP contribution in [0, 0.1) is 0 Å². The Kier molecular flexibility index (Phi) is 40.5. The Labute approximate surface area is 508 Å². The van der Waals surface area contributed by atoms with Crippen LogP contribution in [0.2, 0.25) is 0 Å². The molecule has 0 saturated carbocycles. The first-order valence-electron chi connectivity index (χ1n) is 31.3. The summed E-state index contributed by atoms with van der Waals surface area (Å²) in [7, 11) is 13.1. The van der Waals surface area contributed by atoms with Crippen molar-refractivity contribution in [2.75, 3.05) is 26.4 Å². The zero-order valence-electron chi connectivity index (χ0n) is 56.5. The van der Waals surface area contributed by atoms with E-state index < -0.39 is 34.0 Å². The Hall–Kier alpha value is 1.27. The largest absolute Gasteiger partial charge is 0.390 e. The van der Waals surface area contributed by atoms with E-state index in [9.17, 15) is 0 Å². The molecule has 3 saturated heterocycles. The fraction of sp³-hybridized carbons (Fsp3) is 1.00. The second-order valence-electron chi connectivity index (χ2n) is 25.1. The van der Waals surface area contributed by atoms with Crippen molar-refractivity contribution in [3.05, 3.63) is 0 Å². The SMILES string of the molecule is CC(C)N(C(C)C)P(OCCOP(N(C(C)C)C(C)C)N(C(C)C)C(C)C)N(C(C)C)C(C)C.[B][C@H]1CC(O)[C@@H](CC)O1.[B][C@H]1CC(OP(OCCOP(OC2C[C@H]([B])O[C@@H]2CC)N(C(C)C)C(C)C)N(C(C)C)C(C)C)[C@@H](CC)O1. The Morgan fingerprint density at radius 1 is 0.358 bits per heavy atom. The van der Waals surface area contributed by atoms with E-state index in [4.69, 9.17) is 70.0 Å². The number of rotatable bonds is 35. The van der Waals surface area contributed by atoms with E-state index in [1.165, 1.54) is 0 Å². The molecular formula is C58H123B3N6O10P4. The summed E-state index contributed by atoms with van der Waals surface area (Å²) in [5, 5.41) is 9.15. The van der Waals surface area contributed by atoms with Crippen molar-refractivity contribution in [2.45, 2.75) is 353 Å². The number of nitrogens with zero attached hydrogens (tertiary/aromatic N) is 6. The predicted molar refractivity (Wildman–Crippen MR) is 348 cm³/mol. The van der Waals surface area contributed by atoms with Gasteiger partial charge in [-0.25, -0.2) is 28.0 Å². The highest BCUT2D eigenvalue weighted by molar-refractivity contribution is 7.48. The van der Waals surface area contributed by atoms with E-state index >= 15 is 0 Å². The van der Waals surface area contributed by atoms with E-state index in [0.717, 1.165) is 19.3 Å². The molecule has 3 heterocycles. The molecule has 11 atom stereocenters. The van der Waals surface area contributed by atoms with Crippen LogP contribution in [-0.2, 0) is 41.4 Å². The van der Waals surface area contributed by atoms with Gasteiger partial charge in [-0.1, -0.05) is 20.8 Å². The van der Waals surface area contributed by atoms with Gasteiger partial charge in [0.15, 0.2) is 16.9 Å². The van der Waals surface area contributed by atoms with Gasteiger partial charge in [0.05, 0.1) is 63.1 Å². The molecule has 81 heavy (non-hydrogen) atoms. The molecule has 16 nitrogen and oxygen atoms in total. The molecule has 23 heteroatoms. The van der Waals surface area contributed by atoms with Gasteiger partial charge in [0.2, 0.25) is 0 Å². The van der Waals surface area contributed by atoms with Gasteiger partial charge in [0.25, 0.3) is 17.1 Å². The van der Waals surface area contributed by atoms with Crippen LogP contribution in [0.15, 0.2) is 0 Å². The van der Waals surface area contributed by atoms with Crippen LogP contribution in [0.5, 0.6) is 0 Å². The lowest BCUT2D eigenvalue weighted by molar-refractivity contribution is 0.0262. The molecule has 1 N–H and O–H groups in total.